The Morgan fingerprint density at radius 1 is 1.00 bits per heavy atom. The standard InChI is InChI=1S/C20H22O3Se/c1-5-15(14-24-17-9-7-6-8-10-17)11-16-12-18(21-2)20(23-4)19(13-16)22-3/h5-13H,1,14H2,2-4H3/b15-11+. The molecule has 0 fully saturated rings. The minimum atomic E-state index is 0.377. The van der Waals surface area contributed by atoms with Crippen molar-refractivity contribution in [2.45, 2.75) is 5.32 Å². The molecule has 0 aromatic heterocycles. The molecule has 2 rings (SSSR count). The monoisotopic (exact) mass is 390 g/mol. The summed E-state index contributed by atoms with van der Waals surface area (Å²) in [5, 5.41) is 0.983. The van der Waals surface area contributed by atoms with E-state index in [1.54, 1.807) is 21.3 Å². The van der Waals surface area contributed by atoms with Crippen molar-refractivity contribution in [3.05, 3.63) is 66.3 Å². The summed E-state index contributed by atoms with van der Waals surface area (Å²) in [5.41, 5.74) is 2.19. The van der Waals surface area contributed by atoms with Crippen molar-refractivity contribution in [3.63, 3.8) is 0 Å². The molecule has 0 amide bonds. The summed E-state index contributed by atoms with van der Waals surface area (Å²) in [6.45, 7) is 3.94. The average molecular weight is 389 g/mol. The molecule has 4 heteroatoms. The maximum atomic E-state index is 5.41. The molecule has 0 aliphatic rings. The number of ether oxygens (including phenoxy) is 3. The van der Waals surface area contributed by atoms with E-state index in [0.717, 1.165) is 10.9 Å². The first-order valence-electron chi connectivity index (χ1n) is 7.52. The van der Waals surface area contributed by atoms with Crippen LogP contribution in [0.25, 0.3) is 6.08 Å². The van der Waals surface area contributed by atoms with Gasteiger partial charge in [0.25, 0.3) is 0 Å². The molecule has 3 nitrogen and oxygen atoms in total. The summed E-state index contributed by atoms with van der Waals surface area (Å²) in [6.07, 6.45) is 4.02. The molecule has 0 aliphatic carbocycles. The van der Waals surface area contributed by atoms with Gasteiger partial charge < -0.3 is 0 Å². The van der Waals surface area contributed by atoms with Gasteiger partial charge in [-0.3, -0.25) is 0 Å². The Hall–Kier alpha value is -2.16. The first-order chi connectivity index (χ1) is 11.7. The third-order valence-electron chi connectivity index (χ3n) is 3.45. The average Bonchev–Trinajstić information content (AvgIpc) is 2.64. The molecular formula is C20H22O3Se. The van der Waals surface area contributed by atoms with Crippen LogP contribution in [0.2, 0.25) is 5.32 Å². The zero-order valence-electron chi connectivity index (χ0n) is 14.2. The second kappa shape index (κ2) is 9.21. The van der Waals surface area contributed by atoms with Gasteiger partial charge in [-0.2, -0.15) is 0 Å². The second-order valence-electron chi connectivity index (χ2n) is 4.98. The van der Waals surface area contributed by atoms with Gasteiger partial charge in [-0.25, -0.2) is 0 Å². The van der Waals surface area contributed by atoms with Crippen molar-refractivity contribution < 1.29 is 14.2 Å². The normalized spacial score (nSPS) is 11.0. The van der Waals surface area contributed by atoms with Crippen LogP contribution < -0.4 is 18.7 Å². The molecule has 2 aromatic rings. The molecule has 0 aliphatic heterocycles. The van der Waals surface area contributed by atoms with Gasteiger partial charge in [0.15, 0.2) is 0 Å². The van der Waals surface area contributed by atoms with E-state index in [0.29, 0.717) is 32.2 Å². The number of benzene rings is 2. The van der Waals surface area contributed by atoms with E-state index < -0.39 is 0 Å². The van der Waals surface area contributed by atoms with E-state index in [9.17, 15) is 0 Å². The van der Waals surface area contributed by atoms with Crippen LogP contribution in [0.1, 0.15) is 5.56 Å². The maximum absolute atomic E-state index is 5.41. The first-order valence-corrected chi connectivity index (χ1v) is 9.59. The molecule has 0 radical (unpaired) electrons. The van der Waals surface area contributed by atoms with Crippen LogP contribution in [0, 0.1) is 0 Å². The fourth-order valence-corrected chi connectivity index (χ4v) is 4.10. The van der Waals surface area contributed by atoms with Crippen molar-refractivity contribution in [2.75, 3.05) is 21.3 Å². The van der Waals surface area contributed by atoms with Crippen LogP contribution in [0.5, 0.6) is 17.2 Å². The summed E-state index contributed by atoms with van der Waals surface area (Å²) in [5.74, 6) is 1.91. The number of allylic oxidation sites excluding steroid dienone is 2. The summed E-state index contributed by atoms with van der Waals surface area (Å²) < 4.78 is 17.6. The number of hydrogen-bond donors (Lipinski definition) is 0. The van der Waals surface area contributed by atoms with Gasteiger partial charge in [-0.1, -0.05) is 0 Å². The Kier molecular flexibility index (Phi) is 6.98. The molecule has 0 N–H and O–H groups in total. The quantitative estimate of drug-likeness (QED) is 0.509. The van der Waals surface area contributed by atoms with Crippen molar-refractivity contribution >= 4 is 25.5 Å². The summed E-state index contributed by atoms with van der Waals surface area (Å²) >= 11 is 0.377. The van der Waals surface area contributed by atoms with E-state index in [-0.39, 0.29) is 0 Å². The molecule has 2 aromatic carbocycles. The molecular weight excluding hydrogens is 367 g/mol. The minimum absolute atomic E-state index is 0.377. The van der Waals surface area contributed by atoms with Crippen LogP contribution in [0.15, 0.2) is 60.7 Å². The molecule has 0 unspecified atom stereocenters. The predicted octanol–water partition coefficient (Wildman–Crippen LogP) is 3.73. The van der Waals surface area contributed by atoms with Crippen LogP contribution in [0.3, 0.4) is 0 Å². The van der Waals surface area contributed by atoms with Crippen molar-refractivity contribution in [1.29, 1.82) is 0 Å². The third-order valence-corrected chi connectivity index (χ3v) is 5.72. The van der Waals surface area contributed by atoms with Gasteiger partial charge in [-0.05, 0) is 0 Å². The van der Waals surface area contributed by atoms with Crippen LogP contribution in [-0.2, 0) is 0 Å². The van der Waals surface area contributed by atoms with Crippen LogP contribution in [-0.4, -0.2) is 36.3 Å². The number of methoxy groups -OCH3 is 3. The Bertz CT molecular complexity index is 683. The van der Waals surface area contributed by atoms with Crippen molar-refractivity contribution in [1.82, 2.24) is 0 Å². The van der Waals surface area contributed by atoms with Crippen molar-refractivity contribution in [3.8, 4) is 17.2 Å². The first kappa shape index (κ1) is 18.2. The van der Waals surface area contributed by atoms with Crippen LogP contribution >= 0.6 is 0 Å². The van der Waals surface area contributed by atoms with Gasteiger partial charge in [0.1, 0.15) is 0 Å². The number of hydrogen-bond acceptors (Lipinski definition) is 3. The van der Waals surface area contributed by atoms with Crippen molar-refractivity contribution in [2.24, 2.45) is 0 Å². The van der Waals surface area contributed by atoms with E-state index in [1.165, 1.54) is 10.0 Å². The zero-order chi connectivity index (χ0) is 17.4. The molecule has 0 heterocycles. The molecule has 24 heavy (non-hydrogen) atoms. The molecule has 0 saturated carbocycles. The van der Waals surface area contributed by atoms with Gasteiger partial charge in [0.05, 0.1) is 0 Å². The van der Waals surface area contributed by atoms with Gasteiger partial charge in [0, 0.05) is 0 Å². The van der Waals surface area contributed by atoms with Gasteiger partial charge in [-0.15, -0.1) is 0 Å². The molecule has 0 atom stereocenters. The molecule has 0 bridgehead atoms. The van der Waals surface area contributed by atoms with E-state index in [4.69, 9.17) is 14.2 Å². The fourth-order valence-electron chi connectivity index (χ4n) is 2.24. The Labute approximate surface area is 150 Å². The Morgan fingerprint density at radius 2 is 1.62 bits per heavy atom. The fraction of sp³-hybridized carbons (Fsp3) is 0.200. The van der Waals surface area contributed by atoms with E-state index in [1.807, 2.05) is 24.3 Å². The molecule has 0 spiro atoms. The molecule has 0 saturated heterocycles. The summed E-state index contributed by atoms with van der Waals surface area (Å²) in [7, 11) is 4.85. The predicted molar refractivity (Wildman–Crippen MR) is 101 cm³/mol. The summed E-state index contributed by atoms with van der Waals surface area (Å²) in [4.78, 5) is 0. The van der Waals surface area contributed by atoms with E-state index >= 15 is 0 Å². The van der Waals surface area contributed by atoms with Gasteiger partial charge >= 0.3 is 150 Å². The SMILES string of the molecule is C=C/C(=C\c1cc(OC)c(OC)c(OC)c1)C[Se]c1ccccc1. The molecule has 126 valence electrons. The van der Waals surface area contributed by atoms with Crippen LogP contribution in [0.4, 0.5) is 0 Å². The van der Waals surface area contributed by atoms with E-state index in [2.05, 4.69) is 36.9 Å². The second-order valence-corrected chi connectivity index (χ2v) is 7.18. The number of rotatable bonds is 8. The Morgan fingerprint density at radius 3 is 2.12 bits per heavy atom. The topological polar surface area (TPSA) is 27.7 Å². The Balaban J connectivity index is 2.25. The summed E-state index contributed by atoms with van der Waals surface area (Å²) in [6, 6.07) is 14.4. The zero-order valence-corrected chi connectivity index (χ0v) is 16.0. The van der Waals surface area contributed by atoms with Gasteiger partial charge in [0.2, 0.25) is 0 Å². The third kappa shape index (κ3) is 4.67.